The maximum Gasteiger partial charge on any atom is 0.159 e. The summed E-state index contributed by atoms with van der Waals surface area (Å²) >= 11 is 0. The van der Waals surface area contributed by atoms with Crippen molar-refractivity contribution in [2.24, 2.45) is 5.92 Å². The molecule has 1 aliphatic heterocycles. The van der Waals surface area contributed by atoms with Crippen LogP contribution in [-0.2, 0) is 28.1 Å². The quantitative estimate of drug-likeness (QED) is 0.349. The molecule has 3 aromatic carbocycles. The molecular weight excluding hydrogens is 497 g/mol. The van der Waals surface area contributed by atoms with E-state index in [1.807, 2.05) is 53.4 Å². The molecule has 7 heteroatoms. The Balaban J connectivity index is 1.38. The molecule has 0 bridgehead atoms. The molecule has 5 rings (SSSR count). The molecule has 1 heterocycles. The second-order valence-electron chi connectivity index (χ2n) is 10.5. The number of hydrogen-bond donors (Lipinski definition) is 1. The minimum atomic E-state index is -1.35. The largest absolute Gasteiger partial charge is 0.496 e. The summed E-state index contributed by atoms with van der Waals surface area (Å²) in [6.45, 7) is 1.84. The van der Waals surface area contributed by atoms with Crippen LogP contribution in [0.15, 0.2) is 60.7 Å². The van der Waals surface area contributed by atoms with Crippen molar-refractivity contribution in [1.82, 2.24) is 0 Å². The number of rotatable bonds is 9. The van der Waals surface area contributed by atoms with E-state index in [2.05, 4.69) is 0 Å². The minimum Gasteiger partial charge on any atom is -0.496 e. The van der Waals surface area contributed by atoms with Crippen LogP contribution < -0.4 is 14.4 Å². The fourth-order valence-corrected chi connectivity index (χ4v) is 6.13. The molecule has 208 valence electrons. The van der Waals surface area contributed by atoms with Crippen molar-refractivity contribution in [2.45, 2.75) is 50.6 Å². The number of halogens is 1. The SMILES string of the molecule is COc1cc(N2CCC(C(OC)OC)CC2)c(F)cc1C1(O)CCCc2cc(OCc3ccccc3)ccc21. The van der Waals surface area contributed by atoms with Crippen LogP contribution in [0.3, 0.4) is 0 Å². The lowest BCUT2D eigenvalue weighted by Crippen LogP contribution is -2.39. The zero-order valence-electron chi connectivity index (χ0n) is 23.0. The number of fused-ring (bicyclic) bond motifs is 1. The van der Waals surface area contributed by atoms with E-state index in [-0.39, 0.29) is 18.0 Å². The highest BCUT2D eigenvalue weighted by molar-refractivity contribution is 5.59. The summed E-state index contributed by atoms with van der Waals surface area (Å²) < 4.78 is 38.3. The van der Waals surface area contributed by atoms with E-state index in [1.165, 1.54) is 6.07 Å². The summed E-state index contributed by atoms with van der Waals surface area (Å²) in [5.74, 6) is 1.15. The third-order valence-electron chi connectivity index (χ3n) is 8.20. The fraction of sp³-hybridized carbons (Fsp3) is 0.438. The number of ether oxygens (including phenoxy) is 4. The number of aryl methyl sites for hydroxylation is 1. The van der Waals surface area contributed by atoms with Crippen molar-refractivity contribution in [3.05, 3.63) is 88.7 Å². The van der Waals surface area contributed by atoms with Gasteiger partial charge in [0, 0.05) is 44.9 Å². The van der Waals surface area contributed by atoms with Gasteiger partial charge in [-0.15, -0.1) is 0 Å². The van der Waals surface area contributed by atoms with Gasteiger partial charge in [-0.05, 0) is 67.0 Å². The van der Waals surface area contributed by atoms with Gasteiger partial charge in [0.25, 0.3) is 0 Å². The van der Waals surface area contributed by atoms with Gasteiger partial charge in [-0.1, -0.05) is 36.4 Å². The standard InChI is InChI=1S/C32H38FNO5/c1-36-30-20-29(34-16-13-23(14-17-34)31(37-2)38-3)28(33)19-27(30)32(35)15-7-10-24-18-25(11-12-26(24)32)39-21-22-8-5-4-6-9-22/h4-6,8-9,11-12,18-20,23,31,35H,7,10,13-17,21H2,1-3H3. The first kappa shape index (κ1) is 27.4. The Morgan fingerprint density at radius 1 is 0.974 bits per heavy atom. The van der Waals surface area contributed by atoms with Gasteiger partial charge in [0.05, 0.1) is 12.8 Å². The molecule has 39 heavy (non-hydrogen) atoms. The van der Waals surface area contributed by atoms with Gasteiger partial charge in [0.15, 0.2) is 6.29 Å². The Morgan fingerprint density at radius 3 is 2.41 bits per heavy atom. The Labute approximate surface area is 230 Å². The van der Waals surface area contributed by atoms with Gasteiger partial charge in [0.2, 0.25) is 0 Å². The van der Waals surface area contributed by atoms with E-state index in [0.29, 0.717) is 43.1 Å². The number of piperidine rings is 1. The molecule has 0 aromatic heterocycles. The van der Waals surface area contributed by atoms with E-state index < -0.39 is 5.60 Å². The first-order chi connectivity index (χ1) is 19.0. The molecule has 1 fully saturated rings. The number of hydrogen-bond acceptors (Lipinski definition) is 6. The smallest absolute Gasteiger partial charge is 0.159 e. The zero-order valence-corrected chi connectivity index (χ0v) is 23.0. The molecule has 0 saturated carbocycles. The van der Waals surface area contributed by atoms with Crippen LogP contribution in [0.5, 0.6) is 11.5 Å². The lowest BCUT2D eigenvalue weighted by molar-refractivity contribution is -0.141. The van der Waals surface area contributed by atoms with Crippen molar-refractivity contribution >= 4 is 5.69 Å². The van der Waals surface area contributed by atoms with Crippen LogP contribution in [0.1, 0.15) is 47.9 Å². The Morgan fingerprint density at radius 2 is 1.72 bits per heavy atom. The topological polar surface area (TPSA) is 60.4 Å². The Bertz CT molecular complexity index is 1260. The highest BCUT2D eigenvalue weighted by Gasteiger charge is 2.40. The molecule has 0 amide bonds. The monoisotopic (exact) mass is 535 g/mol. The van der Waals surface area contributed by atoms with Gasteiger partial charge in [0.1, 0.15) is 29.5 Å². The predicted octanol–water partition coefficient (Wildman–Crippen LogP) is 5.82. The van der Waals surface area contributed by atoms with E-state index in [1.54, 1.807) is 27.4 Å². The molecule has 0 radical (unpaired) electrons. The molecule has 6 nitrogen and oxygen atoms in total. The number of benzene rings is 3. The predicted molar refractivity (Wildman–Crippen MR) is 149 cm³/mol. The summed E-state index contributed by atoms with van der Waals surface area (Å²) in [4.78, 5) is 2.04. The summed E-state index contributed by atoms with van der Waals surface area (Å²) in [6, 6.07) is 19.0. The van der Waals surface area contributed by atoms with Crippen molar-refractivity contribution in [3.8, 4) is 11.5 Å². The maximum absolute atomic E-state index is 15.7. The molecule has 1 unspecified atom stereocenters. The minimum absolute atomic E-state index is 0.251. The van der Waals surface area contributed by atoms with Crippen LogP contribution in [0.25, 0.3) is 0 Å². The molecule has 1 atom stereocenters. The normalized spacial score (nSPS) is 19.7. The first-order valence-electron chi connectivity index (χ1n) is 13.7. The molecular formula is C32H38FNO5. The van der Waals surface area contributed by atoms with Crippen LogP contribution >= 0.6 is 0 Å². The Hall–Kier alpha value is -3.13. The fourth-order valence-electron chi connectivity index (χ4n) is 6.13. The second kappa shape index (κ2) is 11.9. The number of aliphatic hydroxyl groups is 1. The van der Waals surface area contributed by atoms with E-state index in [9.17, 15) is 5.11 Å². The van der Waals surface area contributed by atoms with Crippen molar-refractivity contribution in [1.29, 1.82) is 0 Å². The molecule has 0 spiro atoms. The third kappa shape index (κ3) is 5.62. The van der Waals surface area contributed by atoms with Crippen LogP contribution in [0.4, 0.5) is 10.1 Å². The van der Waals surface area contributed by atoms with Crippen LogP contribution in [-0.4, -0.2) is 45.8 Å². The second-order valence-corrected chi connectivity index (χ2v) is 10.5. The molecule has 1 saturated heterocycles. The van der Waals surface area contributed by atoms with E-state index in [0.717, 1.165) is 48.1 Å². The van der Waals surface area contributed by atoms with Crippen molar-refractivity contribution < 1.29 is 28.4 Å². The average Bonchev–Trinajstić information content (AvgIpc) is 2.97. The van der Waals surface area contributed by atoms with E-state index in [4.69, 9.17) is 18.9 Å². The van der Waals surface area contributed by atoms with Crippen molar-refractivity contribution in [2.75, 3.05) is 39.3 Å². The summed E-state index contributed by atoms with van der Waals surface area (Å²) in [5, 5.41) is 12.1. The molecule has 2 aliphatic rings. The highest BCUT2D eigenvalue weighted by Crippen LogP contribution is 2.46. The number of nitrogens with zero attached hydrogens (tertiary/aromatic N) is 1. The maximum atomic E-state index is 15.7. The van der Waals surface area contributed by atoms with Crippen LogP contribution in [0, 0.1) is 11.7 Å². The first-order valence-corrected chi connectivity index (χ1v) is 13.7. The van der Waals surface area contributed by atoms with Gasteiger partial charge in [-0.3, -0.25) is 0 Å². The molecule has 1 N–H and O–H groups in total. The molecule has 3 aromatic rings. The van der Waals surface area contributed by atoms with Gasteiger partial charge < -0.3 is 29.0 Å². The molecule has 1 aliphatic carbocycles. The summed E-state index contributed by atoms with van der Waals surface area (Å²) in [6.07, 6.45) is 3.50. The number of methoxy groups -OCH3 is 3. The van der Waals surface area contributed by atoms with E-state index >= 15 is 4.39 Å². The summed E-state index contributed by atoms with van der Waals surface area (Å²) in [7, 11) is 4.87. The lowest BCUT2D eigenvalue weighted by Gasteiger charge is -2.38. The highest BCUT2D eigenvalue weighted by atomic mass is 19.1. The third-order valence-corrected chi connectivity index (χ3v) is 8.20. The van der Waals surface area contributed by atoms with Crippen LogP contribution in [0.2, 0.25) is 0 Å². The van der Waals surface area contributed by atoms with Gasteiger partial charge >= 0.3 is 0 Å². The van der Waals surface area contributed by atoms with Gasteiger partial charge in [-0.25, -0.2) is 4.39 Å². The zero-order chi connectivity index (χ0) is 27.4. The lowest BCUT2D eigenvalue weighted by atomic mass is 9.74. The Kier molecular flexibility index (Phi) is 8.40. The number of anilines is 1. The average molecular weight is 536 g/mol. The van der Waals surface area contributed by atoms with Gasteiger partial charge in [-0.2, -0.15) is 0 Å². The summed E-state index contributed by atoms with van der Waals surface area (Å²) in [5.41, 5.74) is 2.47. The van der Waals surface area contributed by atoms with Crippen molar-refractivity contribution in [3.63, 3.8) is 0 Å².